The summed E-state index contributed by atoms with van der Waals surface area (Å²) in [4.78, 5) is 25.4. The van der Waals surface area contributed by atoms with Crippen LogP contribution >= 0.6 is 0 Å². The zero-order valence-corrected chi connectivity index (χ0v) is 16.4. The molecular formula is C17H27N7O6. The lowest BCUT2D eigenvalue weighted by Gasteiger charge is -2.26. The highest BCUT2D eigenvalue weighted by Crippen LogP contribution is 2.33. The van der Waals surface area contributed by atoms with Crippen LogP contribution in [0.25, 0.3) is 11.2 Å². The van der Waals surface area contributed by atoms with E-state index in [1.54, 1.807) is 0 Å². The van der Waals surface area contributed by atoms with Gasteiger partial charge in [0.05, 0.1) is 19.8 Å². The van der Waals surface area contributed by atoms with Gasteiger partial charge in [0.15, 0.2) is 17.4 Å². The molecular weight excluding hydrogens is 398 g/mol. The van der Waals surface area contributed by atoms with Crippen LogP contribution in [0.2, 0.25) is 0 Å². The summed E-state index contributed by atoms with van der Waals surface area (Å²) in [6, 6.07) is 0. The predicted octanol–water partition coefficient (Wildman–Crippen LogP) is -2.55. The third kappa shape index (κ3) is 3.99. The standard InChI is InChI=1S/C17H27N7O6/c18-16-21-13-10(14(28)22-16)20-17(19-2-1-3-23-4-6-29-7-5-23)24(13)15-12(27)11(26)9(8-25)30-15/h9,11-12,15,25-27H,1-8H2,(H,19,20)(H3,18,21,22,28)/t9-,11-,12-,15-/m1/s1. The van der Waals surface area contributed by atoms with E-state index < -0.39 is 36.7 Å². The smallest absolute Gasteiger partial charge is 0.280 e. The molecule has 13 heteroatoms. The average molecular weight is 425 g/mol. The zero-order chi connectivity index (χ0) is 21.3. The molecule has 13 nitrogen and oxygen atoms in total. The fourth-order valence-electron chi connectivity index (χ4n) is 3.79. The number of hydrogen-bond acceptors (Lipinski definition) is 11. The molecule has 0 aliphatic carbocycles. The van der Waals surface area contributed by atoms with Crippen LogP contribution in [0.3, 0.4) is 0 Å². The Kier molecular flexibility index (Phi) is 6.17. The molecule has 2 aliphatic rings. The van der Waals surface area contributed by atoms with Gasteiger partial charge in [-0.2, -0.15) is 4.98 Å². The fraction of sp³-hybridized carbons (Fsp3) is 0.706. The van der Waals surface area contributed by atoms with Crippen LogP contribution in [0.1, 0.15) is 12.6 Å². The van der Waals surface area contributed by atoms with E-state index in [1.165, 1.54) is 4.57 Å². The molecule has 166 valence electrons. The van der Waals surface area contributed by atoms with Crippen molar-refractivity contribution in [2.45, 2.75) is 31.0 Å². The summed E-state index contributed by atoms with van der Waals surface area (Å²) >= 11 is 0. The topological polar surface area (TPSA) is 184 Å². The van der Waals surface area contributed by atoms with Crippen LogP contribution in [0, 0.1) is 0 Å². The number of aromatic nitrogens is 4. The Morgan fingerprint density at radius 2 is 2.00 bits per heavy atom. The van der Waals surface area contributed by atoms with E-state index in [4.69, 9.17) is 15.2 Å². The van der Waals surface area contributed by atoms with E-state index in [0.717, 1.165) is 39.3 Å². The Bertz CT molecular complexity index is 927. The number of fused-ring (bicyclic) bond motifs is 1. The molecule has 0 unspecified atom stereocenters. The van der Waals surface area contributed by atoms with Gasteiger partial charge in [-0.15, -0.1) is 0 Å². The Hall–Kier alpha value is -2.29. The van der Waals surface area contributed by atoms with E-state index >= 15 is 0 Å². The maximum atomic E-state index is 12.3. The fourth-order valence-corrected chi connectivity index (χ4v) is 3.79. The molecule has 0 bridgehead atoms. The predicted molar refractivity (Wildman–Crippen MR) is 106 cm³/mol. The van der Waals surface area contributed by atoms with Gasteiger partial charge >= 0.3 is 0 Å². The number of H-pyrrole nitrogens is 1. The number of aliphatic hydroxyl groups excluding tert-OH is 3. The first kappa shape index (κ1) is 21.0. The molecule has 2 fully saturated rings. The normalized spacial score (nSPS) is 27.7. The summed E-state index contributed by atoms with van der Waals surface area (Å²) in [7, 11) is 0. The Labute approximate surface area is 171 Å². The van der Waals surface area contributed by atoms with Gasteiger partial charge in [-0.05, 0) is 13.0 Å². The molecule has 0 aromatic carbocycles. The molecule has 0 amide bonds. The van der Waals surface area contributed by atoms with Gasteiger partial charge in [-0.3, -0.25) is 19.2 Å². The van der Waals surface area contributed by atoms with Crippen LogP contribution in [-0.4, -0.2) is 104 Å². The minimum atomic E-state index is -1.35. The Morgan fingerprint density at radius 1 is 1.23 bits per heavy atom. The molecule has 0 spiro atoms. The molecule has 0 saturated carbocycles. The van der Waals surface area contributed by atoms with Crippen LogP contribution < -0.4 is 16.6 Å². The number of anilines is 2. The van der Waals surface area contributed by atoms with E-state index in [2.05, 4.69) is 25.2 Å². The first-order chi connectivity index (χ1) is 14.5. The highest BCUT2D eigenvalue weighted by atomic mass is 16.6. The third-order valence-electron chi connectivity index (χ3n) is 5.38. The monoisotopic (exact) mass is 425 g/mol. The molecule has 4 heterocycles. The van der Waals surface area contributed by atoms with Crippen LogP contribution in [0.5, 0.6) is 0 Å². The largest absolute Gasteiger partial charge is 0.394 e. The number of nitrogen functional groups attached to an aromatic ring is 1. The van der Waals surface area contributed by atoms with Crippen molar-refractivity contribution in [3.63, 3.8) is 0 Å². The van der Waals surface area contributed by atoms with Crippen molar-refractivity contribution < 1.29 is 24.8 Å². The number of aromatic amines is 1. The van der Waals surface area contributed by atoms with Crippen LogP contribution in [0.15, 0.2) is 4.79 Å². The van der Waals surface area contributed by atoms with Crippen molar-refractivity contribution in [2.75, 3.05) is 57.1 Å². The molecule has 4 atom stereocenters. The molecule has 7 N–H and O–H groups in total. The number of hydrogen-bond donors (Lipinski definition) is 6. The van der Waals surface area contributed by atoms with Gasteiger partial charge < -0.3 is 35.8 Å². The lowest BCUT2D eigenvalue weighted by atomic mass is 10.1. The molecule has 30 heavy (non-hydrogen) atoms. The minimum Gasteiger partial charge on any atom is -0.394 e. The molecule has 2 aromatic heterocycles. The molecule has 4 rings (SSSR count). The summed E-state index contributed by atoms with van der Waals surface area (Å²) in [6.07, 6.45) is -3.92. The van der Waals surface area contributed by atoms with Crippen molar-refractivity contribution in [2.24, 2.45) is 0 Å². The van der Waals surface area contributed by atoms with Gasteiger partial charge in [-0.1, -0.05) is 0 Å². The maximum absolute atomic E-state index is 12.3. The Balaban J connectivity index is 1.58. The Morgan fingerprint density at radius 3 is 2.70 bits per heavy atom. The van der Waals surface area contributed by atoms with Gasteiger partial charge in [0.2, 0.25) is 11.9 Å². The maximum Gasteiger partial charge on any atom is 0.280 e. The minimum absolute atomic E-state index is 0.0256. The highest BCUT2D eigenvalue weighted by Gasteiger charge is 2.45. The second-order valence-corrected chi connectivity index (χ2v) is 7.39. The quantitative estimate of drug-likeness (QED) is 0.257. The van der Waals surface area contributed by atoms with Gasteiger partial charge in [0, 0.05) is 19.6 Å². The number of aliphatic hydroxyl groups is 3. The van der Waals surface area contributed by atoms with Gasteiger partial charge in [0.1, 0.15) is 18.3 Å². The lowest BCUT2D eigenvalue weighted by molar-refractivity contribution is -0.0501. The number of rotatable bonds is 7. The zero-order valence-electron chi connectivity index (χ0n) is 16.4. The van der Waals surface area contributed by atoms with Crippen molar-refractivity contribution in [1.29, 1.82) is 0 Å². The summed E-state index contributed by atoms with van der Waals surface area (Å²) < 4.78 is 12.4. The van der Waals surface area contributed by atoms with E-state index in [-0.39, 0.29) is 23.1 Å². The number of ether oxygens (including phenoxy) is 2. The second-order valence-electron chi connectivity index (χ2n) is 7.39. The first-order valence-corrected chi connectivity index (χ1v) is 9.93. The summed E-state index contributed by atoms with van der Waals surface area (Å²) in [5.41, 5.74) is 5.29. The van der Waals surface area contributed by atoms with Crippen molar-refractivity contribution >= 4 is 23.1 Å². The van der Waals surface area contributed by atoms with E-state index in [9.17, 15) is 20.1 Å². The molecule has 2 aromatic rings. The number of nitrogens with two attached hydrogens (primary N) is 1. The molecule has 0 radical (unpaired) electrons. The number of imidazole rings is 1. The third-order valence-corrected chi connectivity index (χ3v) is 5.38. The summed E-state index contributed by atoms with van der Waals surface area (Å²) in [5.74, 6) is 0.143. The van der Waals surface area contributed by atoms with E-state index in [0.29, 0.717) is 6.54 Å². The second kappa shape index (κ2) is 8.83. The number of nitrogens with zero attached hydrogens (tertiary/aromatic N) is 4. The van der Waals surface area contributed by atoms with Gasteiger partial charge in [-0.25, -0.2) is 4.98 Å². The van der Waals surface area contributed by atoms with Crippen LogP contribution in [-0.2, 0) is 9.47 Å². The summed E-state index contributed by atoms with van der Waals surface area (Å²) in [6.45, 7) is 4.17. The van der Waals surface area contributed by atoms with Crippen molar-refractivity contribution in [3.8, 4) is 0 Å². The number of morpholine rings is 1. The molecule has 2 aliphatic heterocycles. The first-order valence-electron chi connectivity index (χ1n) is 9.93. The SMILES string of the molecule is Nc1nc2c(nc(NCCCN3CCOCC3)n2[C@@H]2O[C@H](CO)[C@@H](O)[C@H]2O)c(=O)[nH]1. The van der Waals surface area contributed by atoms with E-state index in [1.807, 2.05) is 0 Å². The lowest BCUT2D eigenvalue weighted by Crippen LogP contribution is -2.37. The number of nitrogens with one attached hydrogen (secondary N) is 2. The van der Waals surface area contributed by atoms with Crippen LogP contribution in [0.4, 0.5) is 11.9 Å². The van der Waals surface area contributed by atoms with Gasteiger partial charge in [0.25, 0.3) is 5.56 Å². The average Bonchev–Trinajstić information content (AvgIpc) is 3.23. The highest BCUT2D eigenvalue weighted by molar-refractivity contribution is 5.74. The summed E-state index contributed by atoms with van der Waals surface area (Å²) in [5, 5.41) is 33.2. The van der Waals surface area contributed by atoms with Crippen molar-refractivity contribution in [3.05, 3.63) is 10.4 Å². The molecule has 2 saturated heterocycles. The van der Waals surface area contributed by atoms with Crippen molar-refractivity contribution in [1.82, 2.24) is 24.4 Å².